The van der Waals surface area contributed by atoms with Crippen LogP contribution in [0, 0.1) is 6.92 Å². The van der Waals surface area contributed by atoms with Gasteiger partial charge in [0.05, 0.1) is 6.10 Å². The highest BCUT2D eigenvalue weighted by Gasteiger charge is 2.10. The van der Waals surface area contributed by atoms with E-state index in [1.54, 1.807) is 0 Å². The Kier molecular flexibility index (Phi) is 4.00. The predicted molar refractivity (Wildman–Crippen MR) is 75.9 cm³/mol. The molecule has 0 radical (unpaired) electrons. The topological polar surface area (TPSA) is 23.5 Å². The van der Waals surface area contributed by atoms with Gasteiger partial charge in [-0.3, -0.25) is 0 Å². The van der Waals surface area contributed by atoms with Crippen LogP contribution in [0.15, 0.2) is 54.6 Å². The third kappa shape index (κ3) is 3.11. The van der Waals surface area contributed by atoms with E-state index in [1.807, 2.05) is 37.4 Å². The summed E-state index contributed by atoms with van der Waals surface area (Å²) >= 11 is 0. The van der Waals surface area contributed by atoms with E-state index in [1.165, 1.54) is 5.56 Å². The van der Waals surface area contributed by atoms with Crippen molar-refractivity contribution in [3.8, 4) is 0 Å². The molecule has 0 spiro atoms. The lowest BCUT2D eigenvalue weighted by molar-refractivity contribution is 0.185. The molecule has 0 aliphatic heterocycles. The van der Waals surface area contributed by atoms with Crippen LogP contribution in [-0.2, 0) is 0 Å². The van der Waals surface area contributed by atoms with E-state index in [2.05, 4.69) is 36.1 Å². The SMILES string of the molecule is Cc1ccc(N(C)CC(O)c2ccccc2)cc1. The molecule has 1 atom stereocenters. The van der Waals surface area contributed by atoms with Gasteiger partial charge in [-0.2, -0.15) is 0 Å². The van der Waals surface area contributed by atoms with Crippen LogP contribution in [0.25, 0.3) is 0 Å². The Balaban J connectivity index is 2.03. The molecule has 1 N–H and O–H groups in total. The number of nitrogens with zero attached hydrogens (tertiary/aromatic N) is 1. The lowest BCUT2D eigenvalue weighted by atomic mass is 10.1. The molecule has 0 bridgehead atoms. The van der Waals surface area contributed by atoms with E-state index >= 15 is 0 Å². The highest BCUT2D eigenvalue weighted by atomic mass is 16.3. The maximum atomic E-state index is 10.2. The maximum absolute atomic E-state index is 10.2. The molecule has 2 nitrogen and oxygen atoms in total. The van der Waals surface area contributed by atoms with Crippen LogP contribution in [0.5, 0.6) is 0 Å². The summed E-state index contributed by atoms with van der Waals surface area (Å²) in [6.45, 7) is 2.66. The van der Waals surface area contributed by atoms with E-state index in [-0.39, 0.29) is 0 Å². The fraction of sp³-hybridized carbons (Fsp3) is 0.250. The largest absolute Gasteiger partial charge is 0.387 e. The number of aliphatic hydroxyl groups excluding tert-OH is 1. The average Bonchev–Trinajstić information content (AvgIpc) is 2.40. The number of benzene rings is 2. The Morgan fingerprint density at radius 2 is 1.61 bits per heavy atom. The Bertz CT molecular complexity index is 478. The zero-order chi connectivity index (χ0) is 13.0. The molecule has 94 valence electrons. The summed E-state index contributed by atoms with van der Waals surface area (Å²) < 4.78 is 0. The molecule has 1 unspecified atom stereocenters. The number of likely N-dealkylation sites (N-methyl/N-ethyl adjacent to an activating group) is 1. The molecule has 0 aliphatic rings. The summed E-state index contributed by atoms with van der Waals surface area (Å²) in [6.07, 6.45) is -0.461. The molecular formula is C16H19NO. The number of aryl methyl sites for hydroxylation is 1. The van der Waals surface area contributed by atoms with E-state index in [4.69, 9.17) is 0 Å². The number of anilines is 1. The predicted octanol–water partition coefficient (Wildman–Crippen LogP) is 3.16. The van der Waals surface area contributed by atoms with Crippen LogP contribution in [0.1, 0.15) is 17.2 Å². The van der Waals surface area contributed by atoms with Crippen molar-refractivity contribution in [2.45, 2.75) is 13.0 Å². The molecule has 2 aromatic rings. The second kappa shape index (κ2) is 5.69. The van der Waals surface area contributed by atoms with Crippen molar-refractivity contribution in [3.63, 3.8) is 0 Å². The zero-order valence-electron chi connectivity index (χ0n) is 10.9. The summed E-state index contributed by atoms with van der Waals surface area (Å²) in [5, 5.41) is 10.2. The Labute approximate surface area is 109 Å². The highest BCUT2D eigenvalue weighted by molar-refractivity contribution is 5.47. The number of aliphatic hydroxyl groups is 1. The fourth-order valence-electron chi connectivity index (χ4n) is 1.94. The molecule has 2 aromatic carbocycles. The van der Waals surface area contributed by atoms with Crippen molar-refractivity contribution in [3.05, 3.63) is 65.7 Å². The molecule has 0 saturated carbocycles. The van der Waals surface area contributed by atoms with Crippen LogP contribution in [0.4, 0.5) is 5.69 Å². The first-order valence-electron chi connectivity index (χ1n) is 6.17. The van der Waals surface area contributed by atoms with Gasteiger partial charge in [-0.15, -0.1) is 0 Å². The standard InChI is InChI=1S/C16H19NO/c1-13-8-10-15(11-9-13)17(2)12-16(18)14-6-4-3-5-7-14/h3-11,16,18H,12H2,1-2H3. The quantitative estimate of drug-likeness (QED) is 0.888. The van der Waals surface area contributed by atoms with Crippen molar-refractivity contribution in [1.82, 2.24) is 0 Å². The lowest BCUT2D eigenvalue weighted by Gasteiger charge is -2.23. The van der Waals surface area contributed by atoms with Crippen LogP contribution in [0.3, 0.4) is 0 Å². The minimum atomic E-state index is -0.461. The molecule has 18 heavy (non-hydrogen) atoms. The summed E-state index contributed by atoms with van der Waals surface area (Å²) in [5.41, 5.74) is 3.32. The van der Waals surface area contributed by atoms with E-state index < -0.39 is 6.10 Å². The van der Waals surface area contributed by atoms with Crippen LogP contribution >= 0.6 is 0 Å². The number of hydrogen-bond donors (Lipinski definition) is 1. The number of hydrogen-bond acceptors (Lipinski definition) is 2. The number of rotatable bonds is 4. The Morgan fingerprint density at radius 1 is 1.00 bits per heavy atom. The van der Waals surface area contributed by atoms with Gasteiger partial charge in [0.15, 0.2) is 0 Å². The molecular weight excluding hydrogens is 222 g/mol. The summed E-state index contributed by atoms with van der Waals surface area (Å²) in [6, 6.07) is 18.1. The van der Waals surface area contributed by atoms with Gasteiger partial charge in [-0.1, -0.05) is 48.0 Å². The molecule has 2 rings (SSSR count). The van der Waals surface area contributed by atoms with Gasteiger partial charge >= 0.3 is 0 Å². The van der Waals surface area contributed by atoms with Gasteiger partial charge in [0.1, 0.15) is 0 Å². The van der Waals surface area contributed by atoms with Gasteiger partial charge in [-0.25, -0.2) is 0 Å². The highest BCUT2D eigenvalue weighted by Crippen LogP contribution is 2.18. The lowest BCUT2D eigenvalue weighted by Crippen LogP contribution is -2.24. The zero-order valence-corrected chi connectivity index (χ0v) is 10.9. The van der Waals surface area contributed by atoms with Crippen LogP contribution in [-0.4, -0.2) is 18.7 Å². The molecule has 0 aromatic heterocycles. The fourth-order valence-corrected chi connectivity index (χ4v) is 1.94. The molecule has 0 amide bonds. The van der Waals surface area contributed by atoms with E-state index in [0.717, 1.165) is 11.3 Å². The summed E-state index contributed by atoms with van der Waals surface area (Å²) in [5.74, 6) is 0. The Hall–Kier alpha value is -1.80. The first kappa shape index (κ1) is 12.7. The third-order valence-corrected chi connectivity index (χ3v) is 3.11. The second-order valence-electron chi connectivity index (χ2n) is 4.64. The van der Waals surface area contributed by atoms with Crippen LogP contribution in [0.2, 0.25) is 0 Å². The minimum absolute atomic E-state index is 0.461. The van der Waals surface area contributed by atoms with Crippen molar-refractivity contribution in [1.29, 1.82) is 0 Å². The molecule has 0 saturated heterocycles. The smallest absolute Gasteiger partial charge is 0.0964 e. The van der Waals surface area contributed by atoms with Crippen molar-refractivity contribution in [2.75, 3.05) is 18.5 Å². The van der Waals surface area contributed by atoms with Gasteiger partial charge < -0.3 is 10.0 Å². The Morgan fingerprint density at radius 3 is 2.22 bits per heavy atom. The summed E-state index contributed by atoms with van der Waals surface area (Å²) in [4.78, 5) is 2.07. The maximum Gasteiger partial charge on any atom is 0.0964 e. The normalized spacial score (nSPS) is 12.2. The molecule has 0 aliphatic carbocycles. The van der Waals surface area contributed by atoms with E-state index in [0.29, 0.717) is 6.54 Å². The first-order chi connectivity index (χ1) is 8.66. The van der Waals surface area contributed by atoms with Crippen LogP contribution < -0.4 is 4.90 Å². The van der Waals surface area contributed by atoms with Crippen molar-refractivity contribution < 1.29 is 5.11 Å². The molecule has 2 heteroatoms. The average molecular weight is 241 g/mol. The first-order valence-corrected chi connectivity index (χ1v) is 6.17. The third-order valence-electron chi connectivity index (χ3n) is 3.11. The van der Waals surface area contributed by atoms with Gasteiger partial charge in [0.25, 0.3) is 0 Å². The van der Waals surface area contributed by atoms with Gasteiger partial charge in [-0.05, 0) is 24.6 Å². The monoisotopic (exact) mass is 241 g/mol. The second-order valence-corrected chi connectivity index (χ2v) is 4.64. The summed E-state index contributed by atoms with van der Waals surface area (Å²) in [7, 11) is 2.00. The van der Waals surface area contributed by atoms with Gasteiger partial charge in [0.2, 0.25) is 0 Å². The van der Waals surface area contributed by atoms with Crippen molar-refractivity contribution in [2.24, 2.45) is 0 Å². The van der Waals surface area contributed by atoms with Crippen molar-refractivity contribution >= 4 is 5.69 Å². The van der Waals surface area contributed by atoms with Gasteiger partial charge in [0, 0.05) is 19.3 Å². The minimum Gasteiger partial charge on any atom is -0.387 e. The van der Waals surface area contributed by atoms with E-state index in [9.17, 15) is 5.11 Å². The molecule has 0 fully saturated rings. The molecule has 0 heterocycles.